The largest absolute Gasteiger partial charge is 0.326 e. The molecule has 1 aliphatic heterocycles. The quantitative estimate of drug-likeness (QED) is 0.890. The molecule has 0 amide bonds. The number of thiazole rings is 1. The first-order valence-electron chi connectivity index (χ1n) is 6.46. The molecule has 0 aliphatic carbocycles. The molecule has 5 heteroatoms. The zero-order valence-corrected chi connectivity index (χ0v) is 12.3. The Balaban J connectivity index is 1.74. The fraction of sp³-hybridized carbons (Fsp3) is 0.200. The molecule has 4 nitrogen and oxygen atoms in total. The van der Waals surface area contributed by atoms with Gasteiger partial charge in [-0.25, -0.2) is 9.98 Å². The molecule has 3 rings (SSSR count). The Labute approximate surface area is 122 Å². The molecular weight excluding hydrogens is 268 g/mol. The minimum absolute atomic E-state index is 0.660. The molecule has 1 aromatic heterocycles. The summed E-state index contributed by atoms with van der Waals surface area (Å²) in [5.41, 5.74) is 7.32. The predicted octanol–water partition coefficient (Wildman–Crippen LogP) is 3.17. The van der Waals surface area contributed by atoms with Gasteiger partial charge in [0, 0.05) is 11.1 Å². The Morgan fingerprint density at radius 1 is 1.20 bits per heavy atom. The number of hydrogen-bond acceptors (Lipinski definition) is 5. The van der Waals surface area contributed by atoms with Crippen LogP contribution in [-0.2, 0) is 0 Å². The number of hydrogen-bond donors (Lipinski definition) is 2. The number of aryl methyl sites for hydroxylation is 2. The molecular formula is C15H16N4S. The normalized spacial score (nSPS) is 14.3. The van der Waals surface area contributed by atoms with E-state index in [-0.39, 0.29) is 0 Å². The van der Waals surface area contributed by atoms with E-state index >= 15 is 0 Å². The fourth-order valence-corrected chi connectivity index (χ4v) is 2.77. The molecule has 0 spiro atoms. The van der Waals surface area contributed by atoms with E-state index < -0.39 is 0 Å². The van der Waals surface area contributed by atoms with Crippen molar-refractivity contribution in [3.05, 3.63) is 52.0 Å². The molecule has 0 unspecified atom stereocenters. The number of guanidine groups is 1. The fourth-order valence-electron chi connectivity index (χ4n) is 2.21. The summed E-state index contributed by atoms with van der Waals surface area (Å²) >= 11 is 1.59. The summed E-state index contributed by atoms with van der Waals surface area (Å²) in [5, 5.41) is 8.64. The van der Waals surface area contributed by atoms with Crippen molar-refractivity contribution >= 4 is 28.7 Å². The number of aromatic nitrogens is 1. The molecule has 0 bridgehead atoms. The maximum absolute atomic E-state index is 4.44. The van der Waals surface area contributed by atoms with Crippen molar-refractivity contribution in [2.45, 2.75) is 13.8 Å². The predicted molar refractivity (Wildman–Crippen MR) is 85.1 cm³/mol. The van der Waals surface area contributed by atoms with Gasteiger partial charge in [-0.3, -0.25) is 0 Å². The monoisotopic (exact) mass is 284 g/mol. The summed E-state index contributed by atoms with van der Waals surface area (Å²) in [7, 11) is 0. The summed E-state index contributed by atoms with van der Waals surface area (Å²) < 4.78 is 0. The SMILES string of the molecule is Cc1cc(C)cc(NC2=NCC=C(c3cscn3)N2)c1. The summed E-state index contributed by atoms with van der Waals surface area (Å²) in [4.78, 5) is 8.75. The van der Waals surface area contributed by atoms with Crippen molar-refractivity contribution in [1.82, 2.24) is 10.3 Å². The van der Waals surface area contributed by atoms with Crippen LogP contribution in [0.3, 0.4) is 0 Å². The maximum atomic E-state index is 4.44. The van der Waals surface area contributed by atoms with Gasteiger partial charge in [0.15, 0.2) is 0 Å². The van der Waals surface area contributed by atoms with Crippen molar-refractivity contribution in [3.8, 4) is 0 Å². The van der Waals surface area contributed by atoms with Crippen molar-refractivity contribution < 1.29 is 0 Å². The van der Waals surface area contributed by atoms with Crippen LogP contribution in [0.1, 0.15) is 16.8 Å². The van der Waals surface area contributed by atoms with Gasteiger partial charge in [0.1, 0.15) is 0 Å². The number of aliphatic imine (C=N–C) groups is 1. The van der Waals surface area contributed by atoms with Crippen LogP contribution < -0.4 is 10.6 Å². The third-order valence-electron chi connectivity index (χ3n) is 2.99. The van der Waals surface area contributed by atoms with Crippen molar-refractivity contribution in [2.75, 3.05) is 11.9 Å². The summed E-state index contributed by atoms with van der Waals surface area (Å²) in [6.45, 7) is 4.84. The van der Waals surface area contributed by atoms with Crippen LogP contribution in [0.15, 0.2) is 40.2 Å². The van der Waals surface area contributed by atoms with E-state index in [1.807, 2.05) is 17.0 Å². The van der Waals surface area contributed by atoms with E-state index in [1.165, 1.54) is 11.1 Å². The van der Waals surface area contributed by atoms with Gasteiger partial charge in [-0.2, -0.15) is 0 Å². The van der Waals surface area contributed by atoms with Gasteiger partial charge in [0.2, 0.25) is 5.96 Å². The van der Waals surface area contributed by atoms with Gasteiger partial charge in [-0.1, -0.05) is 6.07 Å². The van der Waals surface area contributed by atoms with Crippen LogP contribution in [0.4, 0.5) is 5.69 Å². The van der Waals surface area contributed by atoms with Crippen LogP contribution in [0.5, 0.6) is 0 Å². The van der Waals surface area contributed by atoms with Gasteiger partial charge in [-0.15, -0.1) is 11.3 Å². The van der Waals surface area contributed by atoms with Crippen molar-refractivity contribution in [3.63, 3.8) is 0 Å². The van der Waals surface area contributed by atoms with E-state index in [4.69, 9.17) is 0 Å². The Morgan fingerprint density at radius 2 is 2.00 bits per heavy atom. The van der Waals surface area contributed by atoms with Crippen molar-refractivity contribution in [2.24, 2.45) is 4.99 Å². The average Bonchev–Trinajstić information content (AvgIpc) is 2.91. The summed E-state index contributed by atoms with van der Waals surface area (Å²) in [6.07, 6.45) is 2.04. The molecule has 2 heterocycles. The number of anilines is 1. The van der Waals surface area contributed by atoms with Crippen LogP contribution in [0.2, 0.25) is 0 Å². The van der Waals surface area contributed by atoms with Crippen LogP contribution in [0, 0.1) is 13.8 Å². The minimum atomic E-state index is 0.660. The molecule has 20 heavy (non-hydrogen) atoms. The van der Waals surface area contributed by atoms with Gasteiger partial charge >= 0.3 is 0 Å². The van der Waals surface area contributed by atoms with Gasteiger partial charge in [0.25, 0.3) is 0 Å². The molecule has 0 atom stereocenters. The lowest BCUT2D eigenvalue weighted by Crippen LogP contribution is -2.32. The Bertz CT molecular complexity index is 651. The van der Waals surface area contributed by atoms with Crippen LogP contribution >= 0.6 is 11.3 Å². The number of rotatable bonds is 2. The van der Waals surface area contributed by atoms with E-state index in [0.717, 1.165) is 23.0 Å². The topological polar surface area (TPSA) is 49.3 Å². The Kier molecular flexibility index (Phi) is 3.52. The molecule has 0 saturated heterocycles. The first-order chi connectivity index (χ1) is 9.70. The third kappa shape index (κ3) is 2.88. The zero-order chi connectivity index (χ0) is 13.9. The summed E-state index contributed by atoms with van der Waals surface area (Å²) in [6, 6.07) is 6.37. The van der Waals surface area contributed by atoms with E-state index in [2.05, 4.69) is 52.7 Å². The lowest BCUT2D eigenvalue weighted by molar-refractivity contribution is 1.10. The highest BCUT2D eigenvalue weighted by Gasteiger charge is 2.11. The smallest absolute Gasteiger partial charge is 0.200 e. The van der Waals surface area contributed by atoms with Gasteiger partial charge in [0.05, 0.1) is 23.4 Å². The molecule has 0 radical (unpaired) electrons. The van der Waals surface area contributed by atoms with E-state index in [0.29, 0.717) is 6.54 Å². The molecule has 1 aromatic carbocycles. The average molecular weight is 284 g/mol. The molecule has 2 aromatic rings. The Hall–Kier alpha value is -2.14. The van der Waals surface area contributed by atoms with E-state index in [1.54, 1.807) is 11.3 Å². The summed E-state index contributed by atoms with van der Waals surface area (Å²) in [5.74, 6) is 0.764. The number of nitrogens with zero attached hydrogens (tertiary/aromatic N) is 2. The minimum Gasteiger partial charge on any atom is -0.326 e. The molecule has 0 saturated carbocycles. The van der Waals surface area contributed by atoms with Crippen molar-refractivity contribution in [1.29, 1.82) is 0 Å². The second kappa shape index (κ2) is 5.46. The molecule has 0 fully saturated rings. The highest BCUT2D eigenvalue weighted by Crippen LogP contribution is 2.16. The molecule has 2 N–H and O–H groups in total. The van der Waals surface area contributed by atoms with E-state index in [9.17, 15) is 0 Å². The number of nitrogens with one attached hydrogen (secondary N) is 2. The first-order valence-corrected chi connectivity index (χ1v) is 7.40. The highest BCUT2D eigenvalue weighted by molar-refractivity contribution is 7.07. The van der Waals surface area contributed by atoms with Crippen LogP contribution in [-0.4, -0.2) is 17.5 Å². The first kappa shape index (κ1) is 12.9. The second-order valence-electron chi connectivity index (χ2n) is 4.81. The zero-order valence-electron chi connectivity index (χ0n) is 11.5. The second-order valence-corrected chi connectivity index (χ2v) is 5.53. The lowest BCUT2D eigenvalue weighted by Gasteiger charge is -2.17. The third-order valence-corrected chi connectivity index (χ3v) is 3.58. The standard InChI is InChI=1S/C15H16N4S/c1-10-5-11(2)7-12(6-10)18-15-16-4-3-13(19-15)14-8-20-9-17-14/h3,5-9H,4H2,1-2H3,(H2,16,18,19). The van der Waals surface area contributed by atoms with Gasteiger partial charge in [-0.05, 0) is 43.2 Å². The maximum Gasteiger partial charge on any atom is 0.200 e. The molecule has 102 valence electrons. The number of benzene rings is 1. The lowest BCUT2D eigenvalue weighted by atomic mass is 10.1. The highest BCUT2D eigenvalue weighted by atomic mass is 32.1. The Morgan fingerprint density at radius 3 is 2.70 bits per heavy atom. The van der Waals surface area contributed by atoms with Gasteiger partial charge < -0.3 is 10.6 Å². The molecule has 1 aliphatic rings. The van der Waals surface area contributed by atoms with Crippen LogP contribution in [0.25, 0.3) is 5.70 Å².